The predicted octanol–water partition coefficient (Wildman–Crippen LogP) is 4.76. The van der Waals surface area contributed by atoms with Crippen molar-refractivity contribution in [3.63, 3.8) is 0 Å². The third-order valence-corrected chi connectivity index (χ3v) is 3.98. The van der Waals surface area contributed by atoms with Crippen molar-refractivity contribution in [2.75, 3.05) is 11.1 Å². The molecule has 0 amide bonds. The van der Waals surface area contributed by atoms with Crippen LogP contribution >= 0.6 is 11.6 Å². The number of halogens is 1. The van der Waals surface area contributed by atoms with E-state index < -0.39 is 0 Å². The zero-order valence-corrected chi connectivity index (χ0v) is 12.9. The number of nitrogens with two attached hydrogens (primary N) is 1. The van der Waals surface area contributed by atoms with Crippen LogP contribution in [-0.2, 0) is 0 Å². The molecule has 0 atom stereocenters. The van der Waals surface area contributed by atoms with E-state index in [1.54, 1.807) is 6.20 Å². The molecule has 0 saturated carbocycles. The van der Waals surface area contributed by atoms with Crippen molar-refractivity contribution in [3.8, 4) is 0 Å². The van der Waals surface area contributed by atoms with E-state index in [9.17, 15) is 0 Å². The Bertz CT molecular complexity index is 1030. The van der Waals surface area contributed by atoms with Gasteiger partial charge in [0.1, 0.15) is 5.82 Å². The van der Waals surface area contributed by atoms with Gasteiger partial charge in [-0.1, -0.05) is 29.8 Å². The average molecular weight is 321 g/mol. The van der Waals surface area contributed by atoms with Crippen LogP contribution in [0.25, 0.3) is 21.7 Å². The van der Waals surface area contributed by atoms with Gasteiger partial charge in [-0.05, 0) is 30.3 Å². The minimum absolute atomic E-state index is 0.641. The number of benzene rings is 2. The molecule has 5 heteroatoms. The lowest BCUT2D eigenvalue weighted by Crippen LogP contribution is -1.98. The van der Waals surface area contributed by atoms with Gasteiger partial charge in [-0.25, -0.2) is 4.98 Å². The average Bonchev–Trinajstić information content (AvgIpc) is 2.56. The van der Waals surface area contributed by atoms with Gasteiger partial charge in [0.05, 0.1) is 11.2 Å². The Kier molecular flexibility index (Phi) is 3.24. The van der Waals surface area contributed by atoms with E-state index in [1.165, 1.54) is 0 Å². The highest BCUT2D eigenvalue weighted by Gasteiger charge is 2.10. The van der Waals surface area contributed by atoms with Crippen molar-refractivity contribution in [3.05, 3.63) is 65.9 Å². The molecule has 4 aromatic rings. The summed E-state index contributed by atoms with van der Waals surface area (Å²) < 4.78 is 0. The third-order valence-electron chi connectivity index (χ3n) is 3.74. The zero-order valence-electron chi connectivity index (χ0n) is 12.1. The van der Waals surface area contributed by atoms with Crippen LogP contribution in [0.1, 0.15) is 0 Å². The molecule has 0 aliphatic carbocycles. The normalized spacial score (nSPS) is 11.0. The van der Waals surface area contributed by atoms with Gasteiger partial charge in [0, 0.05) is 39.3 Å². The molecule has 112 valence electrons. The number of hydrogen-bond donors (Lipinski definition) is 2. The van der Waals surface area contributed by atoms with Crippen LogP contribution < -0.4 is 11.1 Å². The van der Waals surface area contributed by atoms with Crippen molar-refractivity contribution >= 4 is 50.5 Å². The minimum atomic E-state index is 0.641. The van der Waals surface area contributed by atoms with Crippen molar-refractivity contribution in [1.29, 1.82) is 0 Å². The molecule has 0 bridgehead atoms. The maximum absolute atomic E-state index is 6.10. The summed E-state index contributed by atoms with van der Waals surface area (Å²) in [6.07, 6.45) is 3.59. The third kappa shape index (κ3) is 2.43. The first-order valence-electron chi connectivity index (χ1n) is 7.17. The number of aromatic nitrogens is 2. The molecule has 23 heavy (non-hydrogen) atoms. The highest BCUT2D eigenvalue weighted by Crippen LogP contribution is 2.32. The largest absolute Gasteiger partial charge is 0.397 e. The number of pyridine rings is 2. The topological polar surface area (TPSA) is 63.8 Å². The van der Waals surface area contributed by atoms with Gasteiger partial charge in [-0.3, -0.25) is 4.98 Å². The number of para-hydroxylation sites is 1. The molecule has 0 aliphatic rings. The van der Waals surface area contributed by atoms with Crippen molar-refractivity contribution in [1.82, 2.24) is 9.97 Å². The molecule has 4 nitrogen and oxygen atoms in total. The van der Waals surface area contributed by atoms with Gasteiger partial charge in [0.2, 0.25) is 0 Å². The number of anilines is 3. The maximum Gasteiger partial charge on any atom is 0.139 e. The molecule has 0 fully saturated rings. The van der Waals surface area contributed by atoms with Gasteiger partial charge < -0.3 is 11.1 Å². The second-order valence-corrected chi connectivity index (χ2v) is 5.70. The Morgan fingerprint density at radius 2 is 1.83 bits per heavy atom. The Morgan fingerprint density at radius 3 is 2.70 bits per heavy atom. The highest BCUT2D eigenvalue weighted by atomic mass is 35.5. The van der Waals surface area contributed by atoms with Gasteiger partial charge >= 0.3 is 0 Å². The second-order valence-electron chi connectivity index (χ2n) is 5.26. The maximum atomic E-state index is 6.10. The van der Waals surface area contributed by atoms with Crippen LogP contribution in [0, 0.1) is 0 Å². The summed E-state index contributed by atoms with van der Waals surface area (Å²) in [6.45, 7) is 0. The SMILES string of the molecule is Nc1cccc2c1nc(Nc1cccc(Cl)c1)c1ccncc12. The highest BCUT2D eigenvalue weighted by molar-refractivity contribution is 6.30. The summed E-state index contributed by atoms with van der Waals surface area (Å²) in [4.78, 5) is 8.96. The molecule has 0 radical (unpaired) electrons. The lowest BCUT2D eigenvalue weighted by atomic mass is 10.1. The van der Waals surface area contributed by atoms with Gasteiger partial charge in [-0.2, -0.15) is 0 Å². The molecule has 2 aromatic carbocycles. The Labute approximate surface area is 137 Å². The number of hydrogen-bond acceptors (Lipinski definition) is 4. The lowest BCUT2D eigenvalue weighted by molar-refractivity contribution is 1.35. The van der Waals surface area contributed by atoms with Crippen LogP contribution in [0.15, 0.2) is 60.9 Å². The fourth-order valence-corrected chi connectivity index (χ4v) is 2.88. The van der Waals surface area contributed by atoms with Crippen LogP contribution in [0.5, 0.6) is 0 Å². The summed E-state index contributed by atoms with van der Waals surface area (Å²) >= 11 is 6.06. The second kappa shape index (κ2) is 5.41. The number of fused-ring (bicyclic) bond motifs is 3. The first-order chi connectivity index (χ1) is 11.2. The van der Waals surface area contributed by atoms with E-state index in [2.05, 4.69) is 10.3 Å². The van der Waals surface area contributed by atoms with E-state index in [0.717, 1.165) is 33.2 Å². The summed E-state index contributed by atoms with van der Waals surface area (Å²) in [6, 6.07) is 15.2. The van der Waals surface area contributed by atoms with E-state index in [1.807, 2.05) is 54.7 Å². The van der Waals surface area contributed by atoms with Crippen molar-refractivity contribution in [2.45, 2.75) is 0 Å². The summed E-state index contributed by atoms with van der Waals surface area (Å²) in [7, 11) is 0. The molecule has 0 spiro atoms. The zero-order chi connectivity index (χ0) is 15.8. The number of nitrogens with zero attached hydrogens (tertiary/aromatic N) is 2. The minimum Gasteiger partial charge on any atom is -0.397 e. The molecular formula is C18H13ClN4. The van der Waals surface area contributed by atoms with Crippen molar-refractivity contribution < 1.29 is 0 Å². The van der Waals surface area contributed by atoms with Gasteiger partial charge in [0.15, 0.2) is 0 Å². The molecule has 2 heterocycles. The number of nitrogens with one attached hydrogen (secondary N) is 1. The van der Waals surface area contributed by atoms with Crippen molar-refractivity contribution in [2.24, 2.45) is 0 Å². The number of rotatable bonds is 2. The van der Waals surface area contributed by atoms with E-state index in [-0.39, 0.29) is 0 Å². The smallest absolute Gasteiger partial charge is 0.139 e. The fraction of sp³-hybridized carbons (Fsp3) is 0. The quantitative estimate of drug-likeness (QED) is 0.413. The fourth-order valence-electron chi connectivity index (χ4n) is 2.69. The van der Waals surface area contributed by atoms with Crippen LogP contribution in [0.3, 0.4) is 0 Å². The molecule has 0 aliphatic heterocycles. The first kappa shape index (κ1) is 13.8. The molecule has 3 N–H and O–H groups in total. The van der Waals surface area contributed by atoms with Crippen LogP contribution in [0.2, 0.25) is 5.02 Å². The molecule has 4 rings (SSSR count). The van der Waals surface area contributed by atoms with E-state index in [0.29, 0.717) is 10.7 Å². The summed E-state index contributed by atoms with van der Waals surface area (Å²) in [5, 5.41) is 6.98. The van der Waals surface area contributed by atoms with Crippen LogP contribution in [0.4, 0.5) is 17.2 Å². The molecule has 0 unspecified atom stereocenters. The Morgan fingerprint density at radius 1 is 0.957 bits per heavy atom. The van der Waals surface area contributed by atoms with Crippen LogP contribution in [-0.4, -0.2) is 9.97 Å². The molecule has 0 saturated heterocycles. The predicted molar refractivity (Wildman–Crippen MR) is 96.2 cm³/mol. The number of nitrogen functional groups attached to an aromatic ring is 1. The molecular weight excluding hydrogens is 308 g/mol. The molecule has 2 aromatic heterocycles. The van der Waals surface area contributed by atoms with E-state index >= 15 is 0 Å². The summed E-state index contributed by atoms with van der Waals surface area (Å²) in [5.74, 6) is 0.732. The van der Waals surface area contributed by atoms with Gasteiger partial charge in [-0.15, -0.1) is 0 Å². The monoisotopic (exact) mass is 320 g/mol. The van der Waals surface area contributed by atoms with E-state index in [4.69, 9.17) is 22.3 Å². The first-order valence-corrected chi connectivity index (χ1v) is 7.55. The Hall–Kier alpha value is -2.85. The lowest BCUT2D eigenvalue weighted by Gasteiger charge is -2.12. The Balaban J connectivity index is 1.99. The summed E-state index contributed by atoms with van der Waals surface area (Å²) in [5.41, 5.74) is 8.38. The standard InChI is InChI=1S/C18H13ClN4/c19-11-3-1-4-12(9-11)22-18-14-7-8-21-10-15(14)13-5-2-6-16(20)17(13)23-18/h1-10H,20H2,(H,22,23). The van der Waals surface area contributed by atoms with Gasteiger partial charge in [0.25, 0.3) is 0 Å².